The number of amides is 1. The molecule has 0 aromatic heterocycles. The maximum absolute atomic E-state index is 11.2. The molecular formula is C16H19N3O. The van der Waals surface area contributed by atoms with Crippen molar-refractivity contribution >= 4 is 17.3 Å². The summed E-state index contributed by atoms with van der Waals surface area (Å²) in [6.07, 6.45) is 0. The molecule has 0 radical (unpaired) electrons. The van der Waals surface area contributed by atoms with Crippen LogP contribution in [0.15, 0.2) is 48.5 Å². The molecule has 0 saturated carbocycles. The van der Waals surface area contributed by atoms with Crippen LogP contribution in [0.2, 0.25) is 0 Å². The highest BCUT2D eigenvalue weighted by Gasteiger charge is 2.02. The monoisotopic (exact) mass is 269 g/mol. The third kappa shape index (κ3) is 3.36. The molecule has 0 heterocycles. The van der Waals surface area contributed by atoms with E-state index < -0.39 is 0 Å². The quantitative estimate of drug-likeness (QED) is 0.895. The second-order valence-electron chi connectivity index (χ2n) is 4.77. The minimum atomic E-state index is -0.187. The van der Waals surface area contributed by atoms with Crippen molar-refractivity contribution in [2.24, 2.45) is 5.73 Å². The first-order valence-corrected chi connectivity index (χ1v) is 6.48. The molecule has 20 heavy (non-hydrogen) atoms. The predicted molar refractivity (Wildman–Crippen MR) is 83.9 cm³/mol. The second-order valence-corrected chi connectivity index (χ2v) is 4.77. The fourth-order valence-electron chi connectivity index (χ4n) is 1.91. The standard InChI is InChI=1S/C16H19N3O/c1-19(2)15-9-5-13(6-10-15)12-3-7-14(8-4-12)18-16(20)11-17/h3-10H,11,17H2,1-2H3,(H,18,20). The van der Waals surface area contributed by atoms with Crippen LogP contribution in [0.25, 0.3) is 11.1 Å². The first-order valence-electron chi connectivity index (χ1n) is 6.48. The average molecular weight is 269 g/mol. The summed E-state index contributed by atoms with van der Waals surface area (Å²) in [5.74, 6) is -0.187. The van der Waals surface area contributed by atoms with Gasteiger partial charge in [-0.2, -0.15) is 0 Å². The zero-order valence-electron chi connectivity index (χ0n) is 11.8. The molecule has 2 rings (SSSR count). The topological polar surface area (TPSA) is 58.4 Å². The number of hydrogen-bond acceptors (Lipinski definition) is 3. The Bertz CT molecular complexity index is 574. The zero-order valence-corrected chi connectivity index (χ0v) is 11.8. The lowest BCUT2D eigenvalue weighted by molar-refractivity contribution is -0.114. The average Bonchev–Trinajstić information content (AvgIpc) is 2.48. The van der Waals surface area contributed by atoms with Gasteiger partial charge in [-0.15, -0.1) is 0 Å². The lowest BCUT2D eigenvalue weighted by Crippen LogP contribution is -2.21. The molecule has 0 saturated heterocycles. The highest BCUT2D eigenvalue weighted by molar-refractivity contribution is 5.92. The fraction of sp³-hybridized carbons (Fsp3) is 0.188. The summed E-state index contributed by atoms with van der Waals surface area (Å²) < 4.78 is 0. The van der Waals surface area contributed by atoms with Crippen LogP contribution in [0.5, 0.6) is 0 Å². The van der Waals surface area contributed by atoms with Crippen LogP contribution < -0.4 is 16.0 Å². The largest absolute Gasteiger partial charge is 0.378 e. The number of nitrogens with two attached hydrogens (primary N) is 1. The number of carbonyl (C=O) groups is 1. The lowest BCUT2D eigenvalue weighted by atomic mass is 10.0. The molecule has 104 valence electrons. The van der Waals surface area contributed by atoms with Gasteiger partial charge in [0.2, 0.25) is 5.91 Å². The Morgan fingerprint density at radius 1 is 1.00 bits per heavy atom. The van der Waals surface area contributed by atoms with E-state index in [1.807, 2.05) is 38.4 Å². The van der Waals surface area contributed by atoms with Crippen molar-refractivity contribution in [2.75, 3.05) is 30.9 Å². The Labute approximate surface area is 119 Å². The summed E-state index contributed by atoms with van der Waals surface area (Å²) in [6.45, 7) is -0.00620. The fourth-order valence-corrected chi connectivity index (χ4v) is 1.91. The van der Waals surface area contributed by atoms with Crippen molar-refractivity contribution in [1.82, 2.24) is 0 Å². The van der Waals surface area contributed by atoms with Gasteiger partial charge in [0.05, 0.1) is 6.54 Å². The van der Waals surface area contributed by atoms with Gasteiger partial charge in [-0.3, -0.25) is 4.79 Å². The molecule has 0 fully saturated rings. The van der Waals surface area contributed by atoms with Crippen molar-refractivity contribution in [3.8, 4) is 11.1 Å². The van der Waals surface area contributed by atoms with Gasteiger partial charge in [0.1, 0.15) is 0 Å². The van der Waals surface area contributed by atoms with E-state index in [1.54, 1.807) is 0 Å². The number of anilines is 2. The molecule has 4 nitrogen and oxygen atoms in total. The summed E-state index contributed by atoms with van der Waals surface area (Å²) in [5, 5.41) is 2.72. The van der Waals surface area contributed by atoms with Crippen molar-refractivity contribution in [3.63, 3.8) is 0 Å². The number of rotatable bonds is 4. The molecule has 4 heteroatoms. The minimum absolute atomic E-state index is 0.00620. The lowest BCUT2D eigenvalue weighted by Gasteiger charge is -2.13. The van der Waals surface area contributed by atoms with Gasteiger partial charge in [-0.1, -0.05) is 24.3 Å². The molecular weight excluding hydrogens is 250 g/mol. The third-order valence-corrected chi connectivity index (χ3v) is 3.07. The molecule has 3 N–H and O–H groups in total. The van der Waals surface area contributed by atoms with E-state index in [-0.39, 0.29) is 12.5 Å². The molecule has 0 aliphatic rings. The number of nitrogens with zero attached hydrogens (tertiary/aromatic N) is 1. The van der Waals surface area contributed by atoms with Gasteiger partial charge in [0.15, 0.2) is 0 Å². The molecule has 0 unspecified atom stereocenters. The van der Waals surface area contributed by atoms with E-state index in [1.165, 1.54) is 5.69 Å². The number of carbonyl (C=O) groups excluding carboxylic acids is 1. The zero-order chi connectivity index (χ0) is 14.5. The summed E-state index contributed by atoms with van der Waals surface area (Å²) in [6, 6.07) is 16.1. The first kappa shape index (κ1) is 14.1. The summed E-state index contributed by atoms with van der Waals surface area (Å²) in [5.41, 5.74) is 9.45. The number of hydrogen-bond donors (Lipinski definition) is 2. The molecule has 0 atom stereocenters. The smallest absolute Gasteiger partial charge is 0.238 e. The van der Waals surface area contributed by atoms with Gasteiger partial charge >= 0.3 is 0 Å². The Balaban J connectivity index is 2.15. The molecule has 1 amide bonds. The molecule has 2 aromatic carbocycles. The van der Waals surface area contributed by atoms with Crippen LogP contribution in [-0.4, -0.2) is 26.5 Å². The van der Waals surface area contributed by atoms with E-state index in [2.05, 4.69) is 34.5 Å². The predicted octanol–water partition coefficient (Wildman–Crippen LogP) is 2.32. The maximum Gasteiger partial charge on any atom is 0.238 e. The highest BCUT2D eigenvalue weighted by Crippen LogP contribution is 2.23. The Hall–Kier alpha value is -2.33. The van der Waals surface area contributed by atoms with E-state index in [0.717, 1.165) is 16.8 Å². The van der Waals surface area contributed by atoms with Crippen molar-refractivity contribution < 1.29 is 4.79 Å². The SMILES string of the molecule is CN(C)c1ccc(-c2ccc(NC(=O)CN)cc2)cc1. The van der Waals surface area contributed by atoms with E-state index in [0.29, 0.717) is 0 Å². The number of nitrogens with one attached hydrogen (secondary N) is 1. The van der Waals surface area contributed by atoms with Crippen LogP contribution in [0.1, 0.15) is 0 Å². The first-order chi connectivity index (χ1) is 9.60. The van der Waals surface area contributed by atoms with Crippen LogP contribution in [0, 0.1) is 0 Å². The Kier molecular flexibility index (Phi) is 4.38. The normalized spacial score (nSPS) is 10.2. The van der Waals surface area contributed by atoms with Crippen LogP contribution in [0.4, 0.5) is 11.4 Å². The van der Waals surface area contributed by atoms with E-state index in [9.17, 15) is 4.79 Å². The summed E-state index contributed by atoms with van der Waals surface area (Å²) in [4.78, 5) is 13.3. The Morgan fingerprint density at radius 2 is 1.50 bits per heavy atom. The van der Waals surface area contributed by atoms with E-state index >= 15 is 0 Å². The van der Waals surface area contributed by atoms with Gasteiger partial charge in [-0.25, -0.2) is 0 Å². The van der Waals surface area contributed by atoms with Crippen LogP contribution >= 0.6 is 0 Å². The number of benzene rings is 2. The maximum atomic E-state index is 11.2. The minimum Gasteiger partial charge on any atom is -0.378 e. The molecule has 0 spiro atoms. The van der Waals surface area contributed by atoms with Crippen LogP contribution in [0.3, 0.4) is 0 Å². The Morgan fingerprint density at radius 3 is 1.95 bits per heavy atom. The van der Waals surface area contributed by atoms with Gasteiger partial charge in [0, 0.05) is 25.5 Å². The summed E-state index contributed by atoms with van der Waals surface area (Å²) in [7, 11) is 4.04. The van der Waals surface area contributed by atoms with Crippen molar-refractivity contribution in [3.05, 3.63) is 48.5 Å². The van der Waals surface area contributed by atoms with Gasteiger partial charge < -0.3 is 16.0 Å². The molecule has 2 aromatic rings. The molecule has 0 bridgehead atoms. The van der Waals surface area contributed by atoms with E-state index in [4.69, 9.17) is 5.73 Å². The second kappa shape index (κ2) is 6.21. The molecule has 0 aliphatic heterocycles. The van der Waals surface area contributed by atoms with Crippen LogP contribution in [-0.2, 0) is 4.79 Å². The molecule has 0 aliphatic carbocycles. The highest BCUT2D eigenvalue weighted by atomic mass is 16.1. The van der Waals surface area contributed by atoms with Gasteiger partial charge in [-0.05, 0) is 35.4 Å². The third-order valence-electron chi connectivity index (χ3n) is 3.07. The van der Waals surface area contributed by atoms with Gasteiger partial charge in [0.25, 0.3) is 0 Å². The summed E-state index contributed by atoms with van der Waals surface area (Å²) >= 11 is 0. The van der Waals surface area contributed by atoms with Crippen molar-refractivity contribution in [2.45, 2.75) is 0 Å². The van der Waals surface area contributed by atoms with Crippen molar-refractivity contribution in [1.29, 1.82) is 0 Å².